The third kappa shape index (κ3) is 4.14. The number of hydrogen-bond acceptors (Lipinski definition) is 3. The Kier molecular flexibility index (Phi) is 6.34. The molecule has 0 spiro atoms. The Balaban J connectivity index is 1.61. The molecule has 0 saturated carbocycles. The van der Waals surface area contributed by atoms with E-state index in [4.69, 9.17) is 0 Å². The summed E-state index contributed by atoms with van der Waals surface area (Å²) in [6, 6.07) is 44.3. The summed E-state index contributed by atoms with van der Waals surface area (Å²) in [6.07, 6.45) is 0. The van der Waals surface area contributed by atoms with Gasteiger partial charge in [0.2, 0.25) is 0 Å². The Morgan fingerprint density at radius 1 is 0.444 bits per heavy atom. The van der Waals surface area contributed by atoms with Crippen molar-refractivity contribution < 1.29 is 4.57 Å². The minimum absolute atomic E-state index is 0.602. The molecule has 0 atom stereocenters. The van der Waals surface area contributed by atoms with Crippen molar-refractivity contribution in [2.45, 2.75) is 0 Å². The van der Waals surface area contributed by atoms with Gasteiger partial charge in [-0.2, -0.15) is 10.5 Å². The first-order valence-corrected chi connectivity index (χ1v) is 13.2. The monoisotopic (exact) mass is 480 g/mol. The summed E-state index contributed by atoms with van der Waals surface area (Å²) in [5, 5.41) is 21.2. The van der Waals surface area contributed by atoms with E-state index < -0.39 is 7.14 Å². The van der Waals surface area contributed by atoms with Gasteiger partial charge in [0.15, 0.2) is 7.14 Å². The molecule has 0 N–H and O–H groups in total. The average Bonchev–Trinajstić information content (AvgIpc) is 2.97. The topological polar surface area (TPSA) is 64.7 Å². The summed E-state index contributed by atoms with van der Waals surface area (Å²) in [6.45, 7) is 0. The lowest BCUT2D eigenvalue weighted by Crippen LogP contribution is -2.25. The molecule has 0 amide bonds. The van der Waals surface area contributed by atoms with Crippen LogP contribution in [0.2, 0.25) is 0 Å². The molecule has 0 fully saturated rings. The second kappa shape index (κ2) is 9.89. The number of nitrogens with zero attached hydrogens (tertiary/aromatic N) is 2. The predicted octanol–water partition coefficient (Wildman–Crippen LogP) is 6.40. The van der Waals surface area contributed by atoms with Gasteiger partial charge in [-0.25, -0.2) is 0 Å². The fourth-order valence-corrected chi connectivity index (χ4v) is 7.08. The van der Waals surface area contributed by atoms with Gasteiger partial charge in [0.1, 0.15) is 0 Å². The Hall–Kier alpha value is -4.69. The van der Waals surface area contributed by atoms with Crippen molar-refractivity contribution in [3.05, 3.63) is 139 Å². The number of nitriles is 2. The second-order valence-corrected chi connectivity index (χ2v) is 11.1. The normalized spacial score (nSPS) is 10.8. The summed E-state index contributed by atoms with van der Waals surface area (Å²) in [5.74, 6) is 0. The highest BCUT2D eigenvalue weighted by atomic mass is 31.2. The van der Waals surface area contributed by atoms with Crippen LogP contribution < -0.4 is 15.9 Å². The predicted molar refractivity (Wildman–Crippen MR) is 146 cm³/mol. The minimum Gasteiger partial charge on any atom is -0.309 e. The maximum absolute atomic E-state index is 14.9. The summed E-state index contributed by atoms with van der Waals surface area (Å²) < 4.78 is 14.9. The summed E-state index contributed by atoms with van der Waals surface area (Å²) in [4.78, 5) is 0. The summed E-state index contributed by atoms with van der Waals surface area (Å²) >= 11 is 0. The zero-order chi connectivity index (χ0) is 25.0. The molecule has 0 aromatic heterocycles. The van der Waals surface area contributed by atoms with Crippen molar-refractivity contribution in [3.63, 3.8) is 0 Å². The molecule has 0 aliphatic rings. The molecule has 0 aliphatic heterocycles. The number of rotatable bonds is 5. The molecule has 5 aromatic carbocycles. The lowest BCUT2D eigenvalue weighted by atomic mass is 10.0. The van der Waals surface area contributed by atoms with Crippen LogP contribution >= 0.6 is 7.14 Å². The van der Waals surface area contributed by atoms with Crippen molar-refractivity contribution in [2.75, 3.05) is 0 Å². The van der Waals surface area contributed by atoms with Gasteiger partial charge in [0.05, 0.1) is 23.3 Å². The summed E-state index contributed by atoms with van der Waals surface area (Å²) in [7, 11) is -3.17. The van der Waals surface area contributed by atoms with Crippen molar-refractivity contribution >= 4 is 23.1 Å². The van der Waals surface area contributed by atoms with Crippen LogP contribution in [0.3, 0.4) is 0 Å². The van der Waals surface area contributed by atoms with Crippen molar-refractivity contribution in [1.82, 2.24) is 0 Å². The van der Waals surface area contributed by atoms with Gasteiger partial charge in [-0.3, -0.25) is 0 Å². The zero-order valence-corrected chi connectivity index (χ0v) is 20.3. The molecule has 0 heterocycles. The average molecular weight is 481 g/mol. The first-order chi connectivity index (χ1) is 17.6. The molecule has 0 radical (unpaired) electrons. The number of hydrogen-bond donors (Lipinski definition) is 0. The van der Waals surface area contributed by atoms with Crippen LogP contribution in [0.1, 0.15) is 11.1 Å². The molecule has 5 rings (SSSR count). The van der Waals surface area contributed by atoms with Gasteiger partial charge < -0.3 is 4.57 Å². The second-order valence-electron chi connectivity index (χ2n) is 8.35. The van der Waals surface area contributed by atoms with Crippen molar-refractivity contribution in [2.24, 2.45) is 0 Å². The minimum atomic E-state index is -3.17. The molecule has 0 unspecified atom stereocenters. The summed E-state index contributed by atoms with van der Waals surface area (Å²) in [5.41, 5.74) is 4.70. The highest BCUT2D eigenvalue weighted by molar-refractivity contribution is 7.85. The molecule has 170 valence electrons. The van der Waals surface area contributed by atoms with Crippen LogP contribution in [0.4, 0.5) is 0 Å². The lowest BCUT2D eigenvalue weighted by Gasteiger charge is -2.21. The SMILES string of the molecule is N#Cc1ccccc1-c1ccc(P(=O)(c2ccccc2)c2ccc(-c3ccccc3C#N)cc2)cc1. The van der Waals surface area contributed by atoms with E-state index in [2.05, 4.69) is 12.1 Å². The van der Waals surface area contributed by atoms with E-state index in [1.807, 2.05) is 115 Å². The van der Waals surface area contributed by atoms with Crippen LogP contribution in [0.5, 0.6) is 0 Å². The molecular formula is C32H21N2OP. The van der Waals surface area contributed by atoms with E-state index in [1.54, 1.807) is 12.1 Å². The van der Waals surface area contributed by atoms with E-state index in [-0.39, 0.29) is 0 Å². The Morgan fingerprint density at radius 3 is 1.22 bits per heavy atom. The quantitative estimate of drug-likeness (QED) is 0.273. The Morgan fingerprint density at radius 2 is 0.806 bits per heavy atom. The molecule has 3 nitrogen and oxygen atoms in total. The highest BCUT2D eigenvalue weighted by Gasteiger charge is 2.29. The fraction of sp³-hybridized carbons (Fsp3) is 0. The maximum Gasteiger partial charge on any atom is 0.171 e. The maximum atomic E-state index is 14.9. The Bertz CT molecular complexity index is 1550. The van der Waals surface area contributed by atoms with Gasteiger partial charge in [0, 0.05) is 15.9 Å². The third-order valence-electron chi connectivity index (χ3n) is 6.30. The van der Waals surface area contributed by atoms with Gasteiger partial charge in [0.25, 0.3) is 0 Å². The van der Waals surface area contributed by atoms with E-state index >= 15 is 0 Å². The standard InChI is InChI=1S/C32H21N2OP/c33-22-26-8-4-6-12-31(26)24-14-18-29(19-15-24)36(35,28-10-2-1-3-11-28)30-20-16-25(17-21-30)32-13-7-5-9-27(32)23-34/h1-21H. The van der Waals surface area contributed by atoms with Gasteiger partial charge in [-0.15, -0.1) is 0 Å². The molecule has 5 aromatic rings. The van der Waals surface area contributed by atoms with Crippen molar-refractivity contribution in [3.8, 4) is 34.4 Å². The van der Waals surface area contributed by atoms with Crippen LogP contribution in [0, 0.1) is 22.7 Å². The largest absolute Gasteiger partial charge is 0.309 e. The smallest absolute Gasteiger partial charge is 0.171 e. The van der Waals surface area contributed by atoms with E-state index in [0.717, 1.165) is 38.2 Å². The molecule has 0 saturated heterocycles. The fourth-order valence-electron chi connectivity index (χ4n) is 4.45. The first kappa shape index (κ1) is 23.1. The molecule has 0 bridgehead atoms. The molecule has 4 heteroatoms. The van der Waals surface area contributed by atoms with Crippen LogP contribution in [-0.2, 0) is 4.57 Å². The van der Waals surface area contributed by atoms with Crippen LogP contribution in [0.25, 0.3) is 22.3 Å². The molecular weight excluding hydrogens is 459 g/mol. The molecule has 36 heavy (non-hydrogen) atoms. The van der Waals surface area contributed by atoms with E-state index in [0.29, 0.717) is 11.1 Å². The van der Waals surface area contributed by atoms with Crippen LogP contribution in [0.15, 0.2) is 127 Å². The lowest BCUT2D eigenvalue weighted by molar-refractivity contribution is 0.592. The first-order valence-electron chi connectivity index (χ1n) is 11.5. The van der Waals surface area contributed by atoms with Gasteiger partial charge in [-0.05, 0) is 34.4 Å². The van der Waals surface area contributed by atoms with E-state index in [9.17, 15) is 15.1 Å². The van der Waals surface area contributed by atoms with E-state index in [1.165, 1.54) is 0 Å². The third-order valence-corrected chi connectivity index (χ3v) is 9.37. The highest BCUT2D eigenvalue weighted by Crippen LogP contribution is 2.43. The zero-order valence-electron chi connectivity index (χ0n) is 19.4. The number of benzene rings is 5. The van der Waals surface area contributed by atoms with Gasteiger partial charge >= 0.3 is 0 Å². The Labute approximate surface area is 210 Å². The molecule has 0 aliphatic carbocycles. The van der Waals surface area contributed by atoms with Crippen molar-refractivity contribution in [1.29, 1.82) is 10.5 Å². The van der Waals surface area contributed by atoms with Crippen LogP contribution in [-0.4, -0.2) is 0 Å². The van der Waals surface area contributed by atoms with Gasteiger partial charge in [-0.1, -0.05) is 115 Å².